The highest BCUT2D eigenvalue weighted by Gasteiger charge is 2.21. The van der Waals surface area contributed by atoms with Gasteiger partial charge in [-0.25, -0.2) is 9.18 Å². The first-order valence-electron chi connectivity index (χ1n) is 5.42. The molecule has 1 aromatic carbocycles. The van der Waals surface area contributed by atoms with Gasteiger partial charge in [-0.1, -0.05) is 0 Å². The highest BCUT2D eigenvalue weighted by Crippen LogP contribution is 2.32. The second kappa shape index (κ2) is 6.66. The fourth-order valence-electron chi connectivity index (χ4n) is 1.46. The van der Waals surface area contributed by atoms with Gasteiger partial charge in [0.25, 0.3) is 0 Å². The summed E-state index contributed by atoms with van der Waals surface area (Å²) in [5, 5.41) is 22.0. The largest absolute Gasteiger partial charge is 0.490 e. The molecule has 0 aliphatic heterocycles. The Morgan fingerprint density at radius 3 is 2.65 bits per heavy atom. The molecule has 8 nitrogen and oxygen atoms in total. The number of methoxy groups -OCH3 is 2. The average Bonchev–Trinajstić information content (AvgIpc) is 2.39. The average molecular weight is 288 g/mol. The standard InChI is InChI=1S/C11H13FN2O6/c1-19-9-4-7(6(12)3-8(9)14(17)18)13-5-10(20-2)11(15)16/h3-4,10,13H,5H2,1-2H3,(H,15,16). The summed E-state index contributed by atoms with van der Waals surface area (Å²) in [5.74, 6) is -2.24. The van der Waals surface area contributed by atoms with Gasteiger partial charge in [0, 0.05) is 13.2 Å². The Morgan fingerprint density at radius 1 is 1.55 bits per heavy atom. The Morgan fingerprint density at radius 2 is 2.20 bits per heavy atom. The second-order valence-electron chi connectivity index (χ2n) is 3.70. The van der Waals surface area contributed by atoms with Gasteiger partial charge >= 0.3 is 11.7 Å². The first-order valence-corrected chi connectivity index (χ1v) is 5.42. The van der Waals surface area contributed by atoms with Gasteiger partial charge in [-0.15, -0.1) is 0 Å². The van der Waals surface area contributed by atoms with Crippen LogP contribution in [0, 0.1) is 15.9 Å². The lowest BCUT2D eigenvalue weighted by Gasteiger charge is -2.13. The Kier molecular flexibility index (Phi) is 5.21. The van der Waals surface area contributed by atoms with Crippen LogP contribution < -0.4 is 10.1 Å². The van der Waals surface area contributed by atoms with Gasteiger partial charge in [-0.2, -0.15) is 0 Å². The lowest BCUT2D eigenvalue weighted by Crippen LogP contribution is -2.30. The minimum atomic E-state index is -1.21. The van der Waals surface area contributed by atoms with Gasteiger partial charge in [0.2, 0.25) is 0 Å². The van der Waals surface area contributed by atoms with E-state index in [9.17, 15) is 19.3 Å². The molecular formula is C11H13FN2O6. The van der Waals surface area contributed by atoms with Crippen LogP contribution in [0.1, 0.15) is 0 Å². The minimum absolute atomic E-state index is 0.115. The number of halogens is 1. The fraction of sp³-hybridized carbons (Fsp3) is 0.364. The molecule has 0 heterocycles. The van der Waals surface area contributed by atoms with Crippen LogP contribution in [0.4, 0.5) is 15.8 Å². The molecule has 20 heavy (non-hydrogen) atoms. The molecule has 1 unspecified atom stereocenters. The molecule has 0 saturated heterocycles. The maximum Gasteiger partial charge on any atom is 0.334 e. The van der Waals surface area contributed by atoms with Crippen molar-refractivity contribution >= 4 is 17.3 Å². The van der Waals surface area contributed by atoms with Gasteiger partial charge in [-0.3, -0.25) is 10.1 Å². The van der Waals surface area contributed by atoms with Gasteiger partial charge in [0.15, 0.2) is 17.7 Å². The Labute approximate surface area is 113 Å². The maximum atomic E-state index is 13.7. The number of ether oxygens (including phenoxy) is 2. The zero-order valence-electron chi connectivity index (χ0n) is 10.8. The van der Waals surface area contributed by atoms with E-state index in [1.807, 2.05) is 0 Å². The van der Waals surface area contributed by atoms with Crippen LogP contribution in [-0.2, 0) is 9.53 Å². The van der Waals surface area contributed by atoms with Crippen molar-refractivity contribution in [2.24, 2.45) is 0 Å². The first-order chi connectivity index (χ1) is 9.40. The SMILES string of the molecule is COc1cc(NCC(OC)C(=O)O)c(F)cc1[N+](=O)[O-]. The summed E-state index contributed by atoms with van der Waals surface area (Å²) in [6.07, 6.45) is -1.17. The number of nitrogens with zero attached hydrogens (tertiary/aromatic N) is 1. The zero-order valence-corrected chi connectivity index (χ0v) is 10.8. The van der Waals surface area contributed by atoms with Gasteiger partial charge in [0.05, 0.1) is 30.3 Å². The van der Waals surface area contributed by atoms with Crippen LogP contribution in [0.3, 0.4) is 0 Å². The summed E-state index contributed by atoms with van der Waals surface area (Å²) in [7, 11) is 2.41. The van der Waals surface area contributed by atoms with Crippen LogP contribution in [-0.4, -0.2) is 42.9 Å². The van der Waals surface area contributed by atoms with Crippen LogP contribution >= 0.6 is 0 Å². The van der Waals surface area contributed by atoms with E-state index in [0.717, 1.165) is 6.07 Å². The number of hydrogen-bond acceptors (Lipinski definition) is 6. The molecule has 110 valence electrons. The van der Waals surface area contributed by atoms with E-state index in [2.05, 4.69) is 10.1 Å². The molecule has 0 fully saturated rings. The van der Waals surface area contributed by atoms with Crippen molar-refractivity contribution in [2.45, 2.75) is 6.10 Å². The van der Waals surface area contributed by atoms with Gasteiger partial charge in [0.1, 0.15) is 0 Å². The molecular weight excluding hydrogens is 275 g/mol. The van der Waals surface area contributed by atoms with Gasteiger partial charge < -0.3 is 19.9 Å². The van der Waals surface area contributed by atoms with Crippen molar-refractivity contribution in [1.29, 1.82) is 0 Å². The number of anilines is 1. The third-order valence-corrected chi connectivity index (χ3v) is 2.50. The lowest BCUT2D eigenvalue weighted by molar-refractivity contribution is -0.385. The summed E-state index contributed by atoms with van der Waals surface area (Å²) in [6.45, 7) is -0.205. The van der Waals surface area contributed by atoms with Gasteiger partial charge in [-0.05, 0) is 0 Å². The van der Waals surface area contributed by atoms with E-state index < -0.39 is 28.5 Å². The highest BCUT2D eigenvalue weighted by molar-refractivity contribution is 5.73. The predicted octanol–water partition coefficient (Wildman–Crippen LogP) is 1.25. The Hall–Kier alpha value is -2.42. The molecule has 1 rings (SSSR count). The van der Waals surface area contributed by atoms with E-state index in [4.69, 9.17) is 9.84 Å². The quantitative estimate of drug-likeness (QED) is 0.573. The highest BCUT2D eigenvalue weighted by atomic mass is 19.1. The van der Waals surface area contributed by atoms with Crippen LogP contribution in [0.2, 0.25) is 0 Å². The molecule has 1 atom stereocenters. The summed E-state index contributed by atoms with van der Waals surface area (Å²) < 4.78 is 23.1. The monoisotopic (exact) mass is 288 g/mol. The van der Waals surface area contributed by atoms with Crippen molar-refractivity contribution in [2.75, 3.05) is 26.1 Å². The molecule has 9 heteroatoms. The number of carboxylic acids is 1. The number of aliphatic carboxylic acids is 1. The summed E-state index contributed by atoms with van der Waals surface area (Å²) >= 11 is 0. The number of nitro groups is 1. The number of benzene rings is 1. The molecule has 0 bridgehead atoms. The van der Waals surface area contributed by atoms with Crippen LogP contribution in [0.5, 0.6) is 5.75 Å². The number of carbonyl (C=O) groups is 1. The van der Waals surface area contributed by atoms with Crippen LogP contribution in [0.25, 0.3) is 0 Å². The molecule has 0 aliphatic carbocycles. The van der Waals surface area contributed by atoms with Crippen LogP contribution in [0.15, 0.2) is 12.1 Å². The third kappa shape index (κ3) is 3.54. The van der Waals surface area contributed by atoms with Crippen molar-refractivity contribution in [1.82, 2.24) is 0 Å². The molecule has 0 spiro atoms. The summed E-state index contributed by atoms with van der Waals surface area (Å²) in [6, 6.07) is 1.78. The van der Waals surface area contributed by atoms with Crippen molar-refractivity contribution in [3.63, 3.8) is 0 Å². The van der Waals surface area contributed by atoms with Crippen molar-refractivity contribution in [3.05, 3.63) is 28.1 Å². The zero-order chi connectivity index (χ0) is 15.3. The van der Waals surface area contributed by atoms with E-state index in [1.54, 1.807) is 0 Å². The van der Waals surface area contributed by atoms with E-state index in [-0.39, 0.29) is 18.0 Å². The molecule has 1 aromatic rings. The normalized spacial score (nSPS) is 11.8. The number of rotatable bonds is 7. The molecule has 0 radical (unpaired) electrons. The van der Waals surface area contributed by atoms with E-state index in [1.165, 1.54) is 14.2 Å². The predicted molar refractivity (Wildman–Crippen MR) is 66.5 cm³/mol. The third-order valence-electron chi connectivity index (χ3n) is 2.50. The smallest absolute Gasteiger partial charge is 0.334 e. The summed E-state index contributed by atoms with van der Waals surface area (Å²) in [5.41, 5.74) is -0.632. The van der Waals surface area contributed by atoms with E-state index >= 15 is 0 Å². The number of carboxylic acid groups (broad SMARTS) is 1. The van der Waals surface area contributed by atoms with E-state index in [0.29, 0.717) is 6.07 Å². The fourth-order valence-corrected chi connectivity index (χ4v) is 1.46. The maximum absolute atomic E-state index is 13.7. The topological polar surface area (TPSA) is 111 Å². The molecule has 0 aliphatic rings. The Balaban J connectivity index is 2.96. The first kappa shape index (κ1) is 15.6. The molecule has 0 saturated carbocycles. The molecule has 0 aromatic heterocycles. The molecule has 2 N–H and O–H groups in total. The minimum Gasteiger partial charge on any atom is -0.490 e. The van der Waals surface area contributed by atoms with Crippen molar-refractivity contribution in [3.8, 4) is 5.75 Å². The van der Waals surface area contributed by atoms with Crippen molar-refractivity contribution < 1.29 is 28.7 Å². The summed E-state index contributed by atoms with van der Waals surface area (Å²) in [4.78, 5) is 20.6. The number of hydrogen-bond donors (Lipinski definition) is 2. The number of nitrogens with one attached hydrogen (secondary N) is 1. The number of nitro benzene ring substituents is 1. The Bertz CT molecular complexity index is 522. The molecule has 0 amide bonds. The lowest BCUT2D eigenvalue weighted by atomic mass is 10.2. The second-order valence-corrected chi connectivity index (χ2v) is 3.70.